The molecule has 2 aromatic carbocycles. The van der Waals surface area contributed by atoms with Crippen LogP contribution in [-0.2, 0) is 4.79 Å². The monoisotopic (exact) mass is 373 g/mol. The molecule has 0 amide bonds. The molecule has 2 aromatic rings. The van der Waals surface area contributed by atoms with E-state index in [0.717, 1.165) is 0 Å². The summed E-state index contributed by atoms with van der Waals surface area (Å²) in [5.74, 6) is -1.81. The minimum Gasteiger partial charge on any atom is -0.355 e. The van der Waals surface area contributed by atoms with E-state index in [1.807, 2.05) is 0 Å². The Morgan fingerprint density at radius 3 is 2.36 bits per heavy atom. The van der Waals surface area contributed by atoms with Crippen LogP contribution in [0.4, 0.5) is 4.39 Å². The van der Waals surface area contributed by atoms with Crippen LogP contribution >= 0.6 is 0 Å². The minimum absolute atomic E-state index is 0.0614. The number of allylic oxidation sites excluding steroid dienone is 4. The highest BCUT2D eigenvalue weighted by atomic mass is 19.1. The molecule has 2 aliphatic carbocycles. The van der Waals surface area contributed by atoms with Crippen molar-refractivity contribution in [1.29, 1.82) is 0 Å². The van der Waals surface area contributed by atoms with Crippen molar-refractivity contribution in [3.63, 3.8) is 0 Å². The van der Waals surface area contributed by atoms with E-state index < -0.39 is 11.7 Å². The van der Waals surface area contributed by atoms with Gasteiger partial charge in [0, 0.05) is 40.3 Å². The summed E-state index contributed by atoms with van der Waals surface area (Å²) < 4.78 is 14.0. The van der Waals surface area contributed by atoms with Gasteiger partial charge in [0.05, 0.1) is 5.70 Å². The van der Waals surface area contributed by atoms with E-state index in [1.165, 1.54) is 12.1 Å². The van der Waals surface area contributed by atoms with Gasteiger partial charge in [0.2, 0.25) is 5.78 Å². The average Bonchev–Trinajstić information content (AvgIpc) is 2.71. The van der Waals surface area contributed by atoms with Crippen LogP contribution in [0.1, 0.15) is 51.5 Å². The molecule has 1 unspecified atom stereocenters. The Morgan fingerprint density at radius 2 is 1.61 bits per heavy atom. The molecular weight excluding hydrogens is 357 g/mol. The van der Waals surface area contributed by atoms with E-state index >= 15 is 0 Å². The number of nitrogens with one attached hydrogen (secondary N) is 1. The van der Waals surface area contributed by atoms with Crippen molar-refractivity contribution >= 4 is 17.3 Å². The zero-order chi connectivity index (χ0) is 19.4. The van der Waals surface area contributed by atoms with Crippen LogP contribution in [0.25, 0.3) is 0 Å². The fourth-order valence-electron chi connectivity index (χ4n) is 4.44. The molecule has 0 fully saturated rings. The summed E-state index contributed by atoms with van der Waals surface area (Å²) in [5, 5.41) is 3.10. The van der Waals surface area contributed by atoms with Gasteiger partial charge in [-0.05, 0) is 30.5 Å². The summed E-state index contributed by atoms with van der Waals surface area (Å²) in [6.45, 7) is 0. The van der Waals surface area contributed by atoms with Crippen LogP contribution < -0.4 is 5.32 Å². The molecule has 138 valence electrons. The third-order valence-electron chi connectivity index (χ3n) is 5.65. The summed E-state index contributed by atoms with van der Waals surface area (Å²) in [6.07, 6.45) is 1.68. The zero-order valence-corrected chi connectivity index (χ0v) is 14.9. The lowest BCUT2D eigenvalue weighted by Crippen LogP contribution is -2.40. The number of carbonyl (C=O) groups is 3. The predicted octanol–water partition coefficient (Wildman–Crippen LogP) is 3.85. The van der Waals surface area contributed by atoms with Gasteiger partial charge >= 0.3 is 0 Å². The minimum atomic E-state index is -0.737. The molecule has 0 spiro atoms. The van der Waals surface area contributed by atoms with Crippen molar-refractivity contribution in [1.82, 2.24) is 5.32 Å². The first-order valence-electron chi connectivity index (χ1n) is 9.27. The van der Waals surface area contributed by atoms with Gasteiger partial charge in [0.1, 0.15) is 5.82 Å². The molecule has 0 radical (unpaired) electrons. The van der Waals surface area contributed by atoms with Crippen molar-refractivity contribution in [2.45, 2.75) is 25.2 Å². The third-order valence-corrected chi connectivity index (χ3v) is 5.65. The van der Waals surface area contributed by atoms with Gasteiger partial charge in [0.15, 0.2) is 11.6 Å². The second-order valence-corrected chi connectivity index (χ2v) is 7.27. The van der Waals surface area contributed by atoms with E-state index in [9.17, 15) is 18.8 Å². The van der Waals surface area contributed by atoms with Gasteiger partial charge in [0.25, 0.3) is 0 Å². The molecule has 0 aromatic heterocycles. The lowest BCUT2D eigenvalue weighted by molar-refractivity contribution is -0.116. The molecule has 5 heteroatoms. The van der Waals surface area contributed by atoms with Crippen molar-refractivity contribution in [2.75, 3.05) is 0 Å². The Kier molecular flexibility index (Phi) is 3.66. The lowest BCUT2D eigenvalue weighted by Gasteiger charge is -2.36. The second-order valence-electron chi connectivity index (χ2n) is 7.27. The Bertz CT molecular complexity index is 1140. The van der Waals surface area contributed by atoms with Gasteiger partial charge < -0.3 is 5.32 Å². The van der Waals surface area contributed by atoms with Crippen molar-refractivity contribution in [3.05, 3.63) is 93.6 Å². The largest absolute Gasteiger partial charge is 0.355 e. The summed E-state index contributed by atoms with van der Waals surface area (Å²) in [4.78, 5) is 39.3. The lowest BCUT2D eigenvalue weighted by atomic mass is 9.70. The highest BCUT2D eigenvalue weighted by Crippen LogP contribution is 2.45. The number of ketones is 3. The molecule has 0 saturated heterocycles. The number of Topliss-reactive ketones (excluding diaryl/α,β-unsaturated/α-hetero) is 3. The van der Waals surface area contributed by atoms with Crippen LogP contribution in [0, 0.1) is 5.82 Å². The van der Waals surface area contributed by atoms with Crippen LogP contribution in [0.2, 0.25) is 0 Å². The van der Waals surface area contributed by atoms with Crippen LogP contribution in [0.3, 0.4) is 0 Å². The maximum absolute atomic E-state index is 14.0. The fraction of sp³-hybridized carbons (Fsp3) is 0.174. The highest BCUT2D eigenvalue weighted by molar-refractivity contribution is 6.28. The van der Waals surface area contributed by atoms with E-state index in [2.05, 4.69) is 5.32 Å². The number of fused-ring (bicyclic) bond motifs is 1. The molecule has 1 heterocycles. The third kappa shape index (κ3) is 2.32. The Balaban J connectivity index is 1.78. The second kappa shape index (κ2) is 6.09. The SMILES string of the molecule is O=C1CCCC2=C1C(c1cccc(F)c1)C1=C(N2)C(=O)c2ccccc2C1=O. The van der Waals surface area contributed by atoms with E-state index in [4.69, 9.17) is 0 Å². The Morgan fingerprint density at radius 1 is 0.857 bits per heavy atom. The molecule has 0 saturated carbocycles. The molecule has 3 aliphatic rings. The quantitative estimate of drug-likeness (QED) is 0.825. The Labute approximate surface area is 160 Å². The van der Waals surface area contributed by atoms with Gasteiger partial charge in [-0.3, -0.25) is 14.4 Å². The summed E-state index contributed by atoms with van der Waals surface area (Å²) in [7, 11) is 0. The molecule has 28 heavy (non-hydrogen) atoms. The average molecular weight is 373 g/mol. The molecule has 1 aliphatic heterocycles. The number of hydrogen-bond donors (Lipinski definition) is 1. The van der Waals surface area contributed by atoms with E-state index in [1.54, 1.807) is 36.4 Å². The summed E-state index contributed by atoms with van der Waals surface area (Å²) in [6, 6.07) is 12.6. The first kappa shape index (κ1) is 16.8. The Hall–Kier alpha value is -3.34. The highest BCUT2D eigenvalue weighted by Gasteiger charge is 2.44. The van der Waals surface area contributed by atoms with Crippen LogP contribution in [0.15, 0.2) is 71.1 Å². The standard InChI is InChI=1S/C23H16FNO3/c24-13-6-3-5-12(11-13)18-19-16(9-4-10-17(19)26)25-21-20(18)22(27)14-7-1-2-8-15(14)23(21)28/h1-3,5-8,11,18,25H,4,9-10H2. The predicted molar refractivity (Wildman–Crippen MR) is 100 cm³/mol. The van der Waals surface area contributed by atoms with Gasteiger partial charge in [-0.25, -0.2) is 4.39 Å². The van der Waals surface area contributed by atoms with Crippen LogP contribution in [-0.4, -0.2) is 17.3 Å². The maximum atomic E-state index is 14.0. The number of benzene rings is 2. The molecule has 1 N–H and O–H groups in total. The number of carbonyl (C=O) groups excluding carboxylic acids is 3. The van der Waals surface area contributed by atoms with Crippen molar-refractivity contribution < 1.29 is 18.8 Å². The van der Waals surface area contributed by atoms with Gasteiger partial charge in [-0.1, -0.05) is 36.4 Å². The van der Waals surface area contributed by atoms with Crippen LogP contribution in [0.5, 0.6) is 0 Å². The molecule has 0 bridgehead atoms. The van der Waals surface area contributed by atoms with E-state index in [0.29, 0.717) is 47.2 Å². The molecule has 4 nitrogen and oxygen atoms in total. The van der Waals surface area contributed by atoms with Gasteiger partial charge in [-0.2, -0.15) is 0 Å². The fourth-order valence-corrected chi connectivity index (χ4v) is 4.44. The first-order chi connectivity index (χ1) is 13.6. The summed E-state index contributed by atoms with van der Waals surface area (Å²) >= 11 is 0. The molecule has 1 atom stereocenters. The molecular formula is C23H16FNO3. The first-order valence-corrected chi connectivity index (χ1v) is 9.27. The number of hydrogen-bond acceptors (Lipinski definition) is 4. The van der Waals surface area contributed by atoms with Gasteiger partial charge in [-0.15, -0.1) is 0 Å². The number of halogens is 1. The number of rotatable bonds is 1. The van der Waals surface area contributed by atoms with Crippen molar-refractivity contribution in [2.24, 2.45) is 0 Å². The number of dihydropyridines is 1. The molecule has 5 rings (SSSR count). The van der Waals surface area contributed by atoms with Crippen molar-refractivity contribution in [3.8, 4) is 0 Å². The van der Waals surface area contributed by atoms with E-state index in [-0.39, 0.29) is 28.6 Å². The summed E-state index contributed by atoms with van der Waals surface area (Å²) in [5.41, 5.74) is 2.79. The normalized spacial score (nSPS) is 21.2. The smallest absolute Gasteiger partial charge is 0.210 e. The topological polar surface area (TPSA) is 63.2 Å². The maximum Gasteiger partial charge on any atom is 0.210 e. The zero-order valence-electron chi connectivity index (χ0n) is 14.9.